The summed E-state index contributed by atoms with van der Waals surface area (Å²) in [4.78, 5) is 16.9. The van der Waals surface area contributed by atoms with E-state index in [-0.39, 0.29) is 17.3 Å². The highest BCUT2D eigenvalue weighted by atomic mass is 32.2. The Hall–Kier alpha value is -2.61. The summed E-state index contributed by atoms with van der Waals surface area (Å²) < 4.78 is 32.7. The molecule has 27 heavy (non-hydrogen) atoms. The average molecular weight is 391 g/mol. The predicted molar refractivity (Wildman–Crippen MR) is 100 cm³/mol. The molecular weight excluding hydrogens is 372 g/mol. The monoisotopic (exact) mass is 391 g/mol. The number of alkyl halides is 2. The van der Waals surface area contributed by atoms with Gasteiger partial charge in [-0.2, -0.15) is 8.78 Å². The zero-order chi connectivity index (χ0) is 19.6. The van der Waals surface area contributed by atoms with Crippen LogP contribution in [0.5, 0.6) is 5.75 Å². The third-order valence-electron chi connectivity index (χ3n) is 4.16. The number of carbonyl (C=O) groups is 1. The van der Waals surface area contributed by atoms with E-state index in [0.29, 0.717) is 5.56 Å². The Balaban J connectivity index is 1.79. The Morgan fingerprint density at radius 3 is 2.56 bits per heavy atom. The fourth-order valence-corrected chi connectivity index (χ4v) is 3.73. The Kier molecular flexibility index (Phi) is 5.65. The van der Waals surface area contributed by atoms with E-state index in [2.05, 4.69) is 9.72 Å². The molecule has 1 aromatic carbocycles. The lowest BCUT2D eigenvalue weighted by atomic mass is 10.2. The lowest BCUT2D eigenvalue weighted by Crippen LogP contribution is -2.06. The van der Waals surface area contributed by atoms with Gasteiger partial charge in [-0.3, -0.25) is 4.79 Å². The number of ether oxygens (including phenoxy) is 1. The van der Waals surface area contributed by atoms with Gasteiger partial charge < -0.3 is 13.9 Å². The number of ketones is 1. The Morgan fingerprint density at radius 1 is 1.26 bits per heavy atom. The zero-order valence-electron chi connectivity index (χ0n) is 15.1. The first-order valence-corrected chi connectivity index (χ1v) is 9.23. The second kappa shape index (κ2) is 7.96. The summed E-state index contributed by atoms with van der Waals surface area (Å²) in [6, 6.07) is 8.20. The predicted octanol–water partition coefficient (Wildman–Crippen LogP) is 4.40. The number of aromatic nitrogens is 3. The largest absolute Gasteiger partial charge is 0.435 e. The first-order valence-electron chi connectivity index (χ1n) is 8.24. The van der Waals surface area contributed by atoms with Gasteiger partial charge >= 0.3 is 6.61 Å². The molecule has 0 aliphatic heterocycles. The van der Waals surface area contributed by atoms with Crippen LogP contribution in [0.4, 0.5) is 8.78 Å². The van der Waals surface area contributed by atoms with Crippen molar-refractivity contribution < 1.29 is 18.3 Å². The summed E-state index contributed by atoms with van der Waals surface area (Å²) in [6.07, 6.45) is 3.53. The Bertz CT molecular complexity index is 949. The van der Waals surface area contributed by atoms with Gasteiger partial charge in [0, 0.05) is 42.1 Å². The second-order valence-corrected chi connectivity index (χ2v) is 6.97. The topological polar surface area (TPSA) is 49.0 Å². The third kappa shape index (κ3) is 4.21. The van der Waals surface area contributed by atoms with Gasteiger partial charge in [0.05, 0.1) is 5.75 Å². The van der Waals surface area contributed by atoms with Gasteiger partial charge in [-0.05, 0) is 44.2 Å². The molecule has 0 aliphatic carbocycles. The molecule has 0 spiro atoms. The van der Waals surface area contributed by atoms with Crippen molar-refractivity contribution >= 4 is 17.5 Å². The fraction of sp³-hybridized carbons (Fsp3) is 0.263. The number of aryl methyl sites for hydroxylation is 2. The van der Waals surface area contributed by atoms with E-state index in [0.717, 1.165) is 22.2 Å². The maximum Gasteiger partial charge on any atom is 0.387 e. The summed E-state index contributed by atoms with van der Waals surface area (Å²) in [5.41, 5.74) is 3.12. The maximum absolute atomic E-state index is 12.7. The lowest BCUT2D eigenvalue weighted by molar-refractivity contribution is -0.0498. The lowest BCUT2D eigenvalue weighted by Gasteiger charge is -2.11. The number of nitrogens with zero attached hydrogens (tertiary/aromatic N) is 3. The molecule has 0 amide bonds. The van der Waals surface area contributed by atoms with Crippen LogP contribution in [0.1, 0.15) is 21.7 Å². The molecule has 0 saturated carbocycles. The van der Waals surface area contributed by atoms with Gasteiger partial charge in [0.1, 0.15) is 5.75 Å². The number of halogens is 2. The van der Waals surface area contributed by atoms with E-state index in [9.17, 15) is 13.6 Å². The number of Topliss-reactive ketones (excluding diaryl/α,β-unsaturated/α-hetero) is 1. The van der Waals surface area contributed by atoms with Gasteiger partial charge in [-0.25, -0.2) is 4.98 Å². The van der Waals surface area contributed by atoms with E-state index in [1.165, 1.54) is 23.9 Å². The third-order valence-corrected chi connectivity index (χ3v) is 5.22. The molecule has 2 aromatic heterocycles. The minimum atomic E-state index is -2.86. The van der Waals surface area contributed by atoms with Crippen LogP contribution in [0.2, 0.25) is 0 Å². The number of imidazole rings is 1. The van der Waals surface area contributed by atoms with E-state index in [1.54, 1.807) is 18.3 Å². The normalized spacial score (nSPS) is 11.2. The van der Waals surface area contributed by atoms with Crippen LogP contribution >= 0.6 is 11.8 Å². The number of thioether (sulfide) groups is 1. The van der Waals surface area contributed by atoms with Crippen molar-refractivity contribution in [3.05, 3.63) is 59.7 Å². The number of carbonyl (C=O) groups excluding carboxylic acids is 1. The van der Waals surface area contributed by atoms with Gasteiger partial charge in [0.15, 0.2) is 10.9 Å². The van der Waals surface area contributed by atoms with Crippen LogP contribution in [-0.4, -0.2) is 32.3 Å². The number of rotatable bonds is 7. The van der Waals surface area contributed by atoms with Crippen molar-refractivity contribution in [2.45, 2.75) is 25.6 Å². The SMILES string of the molecule is Cc1cc(C(=O)CSc2nccn2C)c(C)n1-c1ccc(OC(F)F)cc1. The van der Waals surface area contributed by atoms with Crippen molar-refractivity contribution in [3.8, 4) is 11.4 Å². The molecule has 3 rings (SSSR count). The first kappa shape index (κ1) is 19.2. The standard InChI is InChI=1S/C19H19F2N3O2S/c1-12-10-16(17(25)11-27-19-22-8-9-23(19)3)13(2)24(12)14-4-6-15(7-5-14)26-18(20)21/h4-10,18H,11H2,1-3H3. The van der Waals surface area contributed by atoms with E-state index >= 15 is 0 Å². The Labute approximate surface area is 160 Å². The quantitative estimate of drug-likeness (QED) is 0.442. The maximum atomic E-state index is 12.7. The molecule has 0 saturated heterocycles. The summed E-state index contributed by atoms with van der Waals surface area (Å²) in [5.74, 6) is 0.398. The van der Waals surface area contributed by atoms with Crippen molar-refractivity contribution in [2.75, 3.05) is 5.75 Å². The molecule has 5 nitrogen and oxygen atoms in total. The van der Waals surface area contributed by atoms with Crippen LogP contribution in [0.3, 0.4) is 0 Å². The van der Waals surface area contributed by atoms with E-state index in [4.69, 9.17) is 0 Å². The minimum absolute atomic E-state index is 0.0139. The molecular formula is C19H19F2N3O2S. The minimum Gasteiger partial charge on any atom is -0.435 e. The van der Waals surface area contributed by atoms with Crippen LogP contribution in [-0.2, 0) is 7.05 Å². The molecule has 0 unspecified atom stereocenters. The van der Waals surface area contributed by atoms with Crippen LogP contribution in [0, 0.1) is 13.8 Å². The summed E-state index contributed by atoms with van der Waals surface area (Å²) in [5, 5.41) is 0.784. The van der Waals surface area contributed by atoms with Crippen LogP contribution in [0.15, 0.2) is 47.9 Å². The molecule has 0 N–H and O–H groups in total. The van der Waals surface area contributed by atoms with Gasteiger partial charge in [-0.15, -0.1) is 0 Å². The molecule has 0 atom stereocenters. The van der Waals surface area contributed by atoms with Crippen LogP contribution < -0.4 is 4.74 Å². The molecule has 0 fully saturated rings. The number of hydrogen-bond acceptors (Lipinski definition) is 4. The average Bonchev–Trinajstić information content (AvgIpc) is 3.16. The van der Waals surface area contributed by atoms with Crippen molar-refractivity contribution in [1.82, 2.24) is 14.1 Å². The zero-order valence-corrected chi connectivity index (χ0v) is 16.0. The summed E-state index contributed by atoms with van der Waals surface area (Å²) in [7, 11) is 1.88. The number of benzene rings is 1. The van der Waals surface area contributed by atoms with Gasteiger partial charge in [0.2, 0.25) is 0 Å². The molecule has 0 bridgehead atoms. The first-order chi connectivity index (χ1) is 12.9. The molecule has 0 aliphatic rings. The summed E-state index contributed by atoms with van der Waals surface area (Å²) in [6.45, 7) is 0.917. The van der Waals surface area contributed by atoms with Gasteiger partial charge in [-0.1, -0.05) is 11.8 Å². The van der Waals surface area contributed by atoms with Crippen LogP contribution in [0.25, 0.3) is 5.69 Å². The highest BCUT2D eigenvalue weighted by Crippen LogP contribution is 2.25. The molecule has 2 heterocycles. The second-order valence-electron chi connectivity index (χ2n) is 6.03. The van der Waals surface area contributed by atoms with E-state index < -0.39 is 6.61 Å². The summed E-state index contributed by atoms with van der Waals surface area (Å²) >= 11 is 1.39. The number of hydrogen-bond donors (Lipinski definition) is 0. The van der Waals surface area contributed by atoms with Gasteiger partial charge in [0.25, 0.3) is 0 Å². The Morgan fingerprint density at radius 2 is 1.96 bits per heavy atom. The van der Waals surface area contributed by atoms with Crippen molar-refractivity contribution in [2.24, 2.45) is 7.05 Å². The van der Waals surface area contributed by atoms with Crippen molar-refractivity contribution in [3.63, 3.8) is 0 Å². The fourth-order valence-electron chi connectivity index (χ4n) is 2.92. The molecule has 3 aromatic rings. The van der Waals surface area contributed by atoms with E-state index in [1.807, 2.05) is 42.3 Å². The molecule has 142 valence electrons. The molecule has 0 radical (unpaired) electrons. The highest BCUT2D eigenvalue weighted by molar-refractivity contribution is 7.99. The highest BCUT2D eigenvalue weighted by Gasteiger charge is 2.17. The molecule has 8 heteroatoms. The van der Waals surface area contributed by atoms with Crippen molar-refractivity contribution in [1.29, 1.82) is 0 Å². The smallest absolute Gasteiger partial charge is 0.387 e.